The van der Waals surface area contributed by atoms with Gasteiger partial charge in [0.15, 0.2) is 0 Å². The van der Waals surface area contributed by atoms with Crippen LogP contribution in [0.2, 0.25) is 0 Å². The molecule has 1 atom stereocenters. The van der Waals surface area contributed by atoms with Crippen molar-refractivity contribution in [3.8, 4) is 6.07 Å². The Labute approximate surface area is 107 Å². The number of aromatic amines is 1. The van der Waals surface area contributed by atoms with Gasteiger partial charge in [0.25, 0.3) is 0 Å². The van der Waals surface area contributed by atoms with Gasteiger partial charge in [-0.1, -0.05) is 20.3 Å². The Morgan fingerprint density at radius 3 is 2.94 bits per heavy atom. The molecule has 1 aliphatic carbocycles. The summed E-state index contributed by atoms with van der Waals surface area (Å²) in [6.07, 6.45) is 3.74. The number of imidazole rings is 1. The van der Waals surface area contributed by atoms with Crippen molar-refractivity contribution in [2.24, 2.45) is 5.41 Å². The molecule has 1 unspecified atom stereocenters. The van der Waals surface area contributed by atoms with Crippen molar-refractivity contribution < 1.29 is 0 Å². The molecule has 1 saturated carbocycles. The Hall–Kier alpha value is -1.82. The summed E-state index contributed by atoms with van der Waals surface area (Å²) in [6, 6.07) is 7.80. The summed E-state index contributed by atoms with van der Waals surface area (Å²) in [6.45, 7) is 4.64. The van der Waals surface area contributed by atoms with Crippen LogP contribution in [0.3, 0.4) is 0 Å². The molecule has 0 amide bonds. The molecular weight excluding hydrogens is 222 g/mol. The number of benzene rings is 1. The zero-order valence-corrected chi connectivity index (χ0v) is 10.8. The summed E-state index contributed by atoms with van der Waals surface area (Å²) in [4.78, 5) is 8.11. The van der Waals surface area contributed by atoms with E-state index in [0.29, 0.717) is 16.9 Å². The van der Waals surface area contributed by atoms with Crippen molar-refractivity contribution in [1.82, 2.24) is 9.97 Å². The number of hydrogen-bond acceptors (Lipinski definition) is 2. The molecule has 0 radical (unpaired) electrons. The summed E-state index contributed by atoms with van der Waals surface area (Å²) >= 11 is 0. The second kappa shape index (κ2) is 3.84. The van der Waals surface area contributed by atoms with Crippen LogP contribution in [0, 0.1) is 16.7 Å². The number of nitrogens with one attached hydrogen (secondary N) is 1. The Bertz CT molecular complexity index is 631. The van der Waals surface area contributed by atoms with Gasteiger partial charge < -0.3 is 4.98 Å². The van der Waals surface area contributed by atoms with Crippen LogP contribution in [0.5, 0.6) is 0 Å². The van der Waals surface area contributed by atoms with Crippen LogP contribution >= 0.6 is 0 Å². The van der Waals surface area contributed by atoms with E-state index in [2.05, 4.69) is 24.9 Å². The lowest BCUT2D eigenvalue weighted by Gasteiger charge is -2.24. The molecule has 1 N–H and O–H groups in total. The maximum atomic E-state index is 8.91. The van der Waals surface area contributed by atoms with Crippen LogP contribution in [0.4, 0.5) is 0 Å². The average Bonchev–Trinajstić information content (AvgIpc) is 2.90. The zero-order valence-electron chi connectivity index (χ0n) is 10.8. The Morgan fingerprint density at radius 2 is 2.28 bits per heavy atom. The molecule has 0 aliphatic heterocycles. The minimum absolute atomic E-state index is 0.325. The number of H-pyrrole nitrogens is 1. The summed E-state index contributed by atoms with van der Waals surface area (Å²) < 4.78 is 0. The molecule has 1 heterocycles. The summed E-state index contributed by atoms with van der Waals surface area (Å²) in [5, 5.41) is 8.91. The van der Waals surface area contributed by atoms with Crippen LogP contribution < -0.4 is 0 Å². The molecule has 3 nitrogen and oxygen atoms in total. The second-order valence-electron chi connectivity index (χ2n) is 5.90. The number of aromatic nitrogens is 2. The van der Waals surface area contributed by atoms with E-state index in [4.69, 9.17) is 10.2 Å². The predicted octanol–water partition coefficient (Wildman–Crippen LogP) is 3.73. The Kier molecular flexibility index (Phi) is 2.41. The third-order valence-corrected chi connectivity index (χ3v) is 4.22. The number of fused-ring (bicyclic) bond motifs is 1. The molecular formula is C15H17N3. The van der Waals surface area contributed by atoms with E-state index in [1.807, 2.05) is 18.2 Å². The van der Waals surface area contributed by atoms with Crippen LogP contribution in [0.25, 0.3) is 11.0 Å². The van der Waals surface area contributed by atoms with E-state index < -0.39 is 0 Å². The molecule has 18 heavy (non-hydrogen) atoms. The maximum Gasteiger partial charge on any atom is 0.110 e. The van der Waals surface area contributed by atoms with Crippen molar-refractivity contribution in [1.29, 1.82) is 5.26 Å². The minimum Gasteiger partial charge on any atom is -0.342 e. The maximum absolute atomic E-state index is 8.91. The number of nitriles is 1. The predicted molar refractivity (Wildman–Crippen MR) is 71.2 cm³/mol. The van der Waals surface area contributed by atoms with Gasteiger partial charge in [-0.2, -0.15) is 5.26 Å². The van der Waals surface area contributed by atoms with E-state index in [-0.39, 0.29) is 0 Å². The van der Waals surface area contributed by atoms with E-state index in [1.165, 1.54) is 19.3 Å². The van der Waals surface area contributed by atoms with Crippen LogP contribution in [-0.2, 0) is 0 Å². The highest BCUT2D eigenvalue weighted by Crippen LogP contribution is 2.48. The molecule has 1 aliphatic rings. The lowest BCUT2D eigenvalue weighted by molar-refractivity contribution is 0.324. The summed E-state index contributed by atoms with van der Waals surface area (Å²) in [7, 11) is 0. The summed E-state index contributed by atoms with van der Waals surface area (Å²) in [5.41, 5.74) is 2.95. The topological polar surface area (TPSA) is 52.5 Å². The first-order chi connectivity index (χ1) is 8.60. The first-order valence-corrected chi connectivity index (χ1v) is 6.50. The number of rotatable bonds is 1. The van der Waals surface area contributed by atoms with E-state index in [1.54, 1.807) is 0 Å². The number of nitrogens with zero attached hydrogens (tertiary/aromatic N) is 2. The average molecular weight is 239 g/mol. The fraction of sp³-hybridized carbons (Fsp3) is 0.467. The monoisotopic (exact) mass is 239 g/mol. The molecule has 92 valence electrons. The first-order valence-electron chi connectivity index (χ1n) is 6.50. The van der Waals surface area contributed by atoms with Crippen molar-refractivity contribution >= 4 is 11.0 Å². The highest BCUT2D eigenvalue weighted by molar-refractivity contribution is 5.76. The van der Waals surface area contributed by atoms with Crippen LogP contribution in [0.15, 0.2) is 18.2 Å². The molecule has 0 bridgehead atoms. The lowest BCUT2D eigenvalue weighted by Crippen LogP contribution is -2.16. The smallest absolute Gasteiger partial charge is 0.110 e. The number of hydrogen-bond donors (Lipinski definition) is 1. The van der Waals surface area contributed by atoms with Crippen LogP contribution in [0.1, 0.15) is 50.4 Å². The van der Waals surface area contributed by atoms with Crippen LogP contribution in [-0.4, -0.2) is 9.97 Å². The van der Waals surface area contributed by atoms with Gasteiger partial charge in [-0.05, 0) is 36.5 Å². The van der Waals surface area contributed by atoms with E-state index >= 15 is 0 Å². The molecule has 0 saturated heterocycles. The third-order valence-electron chi connectivity index (χ3n) is 4.22. The second-order valence-corrected chi connectivity index (χ2v) is 5.90. The molecule has 2 aromatic rings. The van der Waals surface area contributed by atoms with E-state index in [9.17, 15) is 0 Å². The fourth-order valence-corrected chi connectivity index (χ4v) is 3.10. The first kappa shape index (κ1) is 11.3. The Morgan fingerprint density at radius 1 is 1.44 bits per heavy atom. The molecule has 1 aromatic carbocycles. The largest absolute Gasteiger partial charge is 0.342 e. The van der Waals surface area contributed by atoms with Crippen molar-refractivity contribution in [3.63, 3.8) is 0 Å². The zero-order chi connectivity index (χ0) is 12.8. The highest BCUT2D eigenvalue weighted by Gasteiger charge is 2.37. The molecule has 1 aromatic heterocycles. The van der Waals surface area contributed by atoms with Gasteiger partial charge in [0.2, 0.25) is 0 Å². The van der Waals surface area contributed by atoms with Gasteiger partial charge in [-0.3, -0.25) is 0 Å². The van der Waals surface area contributed by atoms with E-state index in [0.717, 1.165) is 16.9 Å². The quantitative estimate of drug-likeness (QED) is 0.824. The van der Waals surface area contributed by atoms with Crippen molar-refractivity contribution in [3.05, 3.63) is 29.6 Å². The third kappa shape index (κ3) is 1.69. The van der Waals surface area contributed by atoms with Gasteiger partial charge >= 0.3 is 0 Å². The molecule has 1 fully saturated rings. The molecule has 0 spiro atoms. The molecule has 3 rings (SSSR count). The standard InChI is InChI=1S/C15H17N3/c1-15(2)7-3-4-11(15)14-17-12-6-5-10(9-16)8-13(12)18-14/h5-6,8,11H,3-4,7H2,1-2H3,(H,17,18). The van der Waals surface area contributed by atoms with Gasteiger partial charge in [0.05, 0.1) is 22.7 Å². The summed E-state index contributed by atoms with van der Waals surface area (Å²) in [5.74, 6) is 1.60. The van der Waals surface area contributed by atoms with Gasteiger partial charge in [-0.15, -0.1) is 0 Å². The highest BCUT2D eigenvalue weighted by atomic mass is 14.9. The lowest BCUT2D eigenvalue weighted by atomic mass is 9.81. The minimum atomic E-state index is 0.325. The van der Waals surface area contributed by atoms with Gasteiger partial charge in [0.1, 0.15) is 5.82 Å². The van der Waals surface area contributed by atoms with Gasteiger partial charge in [0, 0.05) is 5.92 Å². The fourth-order valence-electron chi connectivity index (χ4n) is 3.10. The van der Waals surface area contributed by atoms with Crippen molar-refractivity contribution in [2.45, 2.75) is 39.0 Å². The van der Waals surface area contributed by atoms with Gasteiger partial charge in [-0.25, -0.2) is 4.98 Å². The SMILES string of the molecule is CC1(C)CCCC1c1nc2ccc(C#N)cc2[nH]1. The Balaban J connectivity index is 2.06. The normalized spacial score (nSPS) is 22.2. The molecule has 3 heteroatoms. The van der Waals surface area contributed by atoms with Crippen molar-refractivity contribution in [2.75, 3.05) is 0 Å².